The molecule has 0 fully saturated rings. The fraction of sp³-hybridized carbons (Fsp3) is 0.304. The van der Waals surface area contributed by atoms with Crippen molar-refractivity contribution in [1.82, 2.24) is 0 Å². The fourth-order valence-corrected chi connectivity index (χ4v) is 4.48. The van der Waals surface area contributed by atoms with Crippen molar-refractivity contribution in [3.63, 3.8) is 0 Å². The number of ether oxygens (including phenoxy) is 2. The van der Waals surface area contributed by atoms with Gasteiger partial charge in [-0.25, -0.2) is 0 Å². The number of rotatable bonds is 6. The first kappa shape index (κ1) is 18.9. The van der Waals surface area contributed by atoms with Gasteiger partial charge in [-0.1, -0.05) is 42.5 Å². The molecule has 1 aliphatic carbocycles. The van der Waals surface area contributed by atoms with Crippen LogP contribution < -0.4 is 20.1 Å². The number of amides is 1. The van der Waals surface area contributed by atoms with Crippen LogP contribution in [0.25, 0.3) is 0 Å². The van der Waals surface area contributed by atoms with Gasteiger partial charge in [0.25, 0.3) is 0 Å². The highest BCUT2D eigenvalue weighted by atomic mass is 16.5. The Morgan fingerprint density at radius 1 is 1.31 bits per heavy atom. The molecule has 2 N–H and O–H groups in total. The van der Waals surface area contributed by atoms with Crippen LogP contribution in [0.5, 0.6) is 11.5 Å². The Morgan fingerprint density at radius 3 is 2.79 bits per heavy atom. The second-order valence-corrected chi connectivity index (χ2v) is 7.31. The zero-order valence-electron chi connectivity index (χ0n) is 16.2. The van der Waals surface area contributed by atoms with E-state index in [1.54, 1.807) is 13.2 Å². The third kappa shape index (κ3) is 3.40. The average molecular weight is 389 g/mol. The monoisotopic (exact) mass is 389 g/mol. The van der Waals surface area contributed by atoms with Crippen LogP contribution in [-0.2, 0) is 11.3 Å². The first-order valence-electron chi connectivity index (χ1n) is 9.62. The zero-order chi connectivity index (χ0) is 20.4. The Labute approximate surface area is 170 Å². The summed E-state index contributed by atoms with van der Waals surface area (Å²) in [4.78, 5) is 14.5. The van der Waals surface area contributed by atoms with Crippen LogP contribution in [-0.4, -0.2) is 25.7 Å². The van der Waals surface area contributed by atoms with E-state index in [-0.39, 0.29) is 30.4 Å². The zero-order valence-corrected chi connectivity index (χ0v) is 16.2. The largest absolute Gasteiger partial charge is 0.497 e. The van der Waals surface area contributed by atoms with Gasteiger partial charge in [-0.3, -0.25) is 4.79 Å². The van der Waals surface area contributed by atoms with E-state index in [0.717, 1.165) is 16.8 Å². The fourth-order valence-electron chi connectivity index (χ4n) is 4.48. The second-order valence-electron chi connectivity index (χ2n) is 7.31. The molecule has 6 nitrogen and oxygen atoms in total. The Kier molecular flexibility index (Phi) is 5.13. The predicted octanol–water partition coefficient (Wildman–Crippen LogP) is 3.13. The van der Waals surface area contributed by atoms with E-state index < -0.39 is 0 Å². The highest BCUT2D eigenvalue weighted by molar-refractivity contribution is 5.81. The van der Waals surface area contributed by atoms with Crippen molar-refractivity contribution in [3.05, 3.63) is 65.7 Å². The van der Waals surface area contributed by atoms with E-state index >= 15 is 0 Å². The van der Waals surface area contributed by atoms with Gasteiger partial charge < -0.3 is 20.1 Å². The molecule has 0 bridgehead atoms. The number of benzene rings is 2. The number of nitrogens with zero attached hydrogens (tertiary/aromatic N) is 2. The standard InChI is InChI=1S/C23H23N3O3/c1-28-16-12-19-21(20(13-16)29-11-10-24)17-8-5-9-18(23(25)27)22(17)26(19)14-15-6-3-2-4-7-15/h2-8,12-13,17-18,22H,9,11,14H2,1H3,(H2,25,27). The van der Waals surface area contributed by atoms with Crippen molar-refractivity contribution in [2.75, 3.05) is 18.6 Å². The van der Waals surface area contributed by atoms with E-state index in [4.69, 9.17) is 20.5 Å². The van der Waals surface area contributed by atoms with Crippen LogP contribution in [0.4, 0.5) is 5.69 Å². The van der Waals surface area contributed by atoms with Crippen molar-refractivity contribution >= 4 is 11.6 Å². The highest BCUT2D eigenvalue weighted by Crippen LogP contribution is 2.53. The van der Waals surface area contributed by atoms with Crippen LogP contribution in [0.3, 0.4) is 0 Å². The number of nitriles is 1. The molecule has 4 rings (SSSR count). The Morgan fingerprint density at radius 2 is 2.10 bits per heavy atom. The van der Waals surface area contributed by atoms with Gasteiger partial charge in [0.05, 0.1) is 19.1 Å². The second kappa shape index (κ2) is 7.88. The summed E-state index contributed by atoms with van der Waals surface area (Å²) in [5.41, 5.74) is 8.86. The number of primary amides is 1. The molecule has 0 aromatic heterocycles. The predicted molar refractivity (Wildman–Crippen MR) is 110 cm³/mol. The maximum absolute atomic E-state index is 12.3. The smallest absolute Gasteiger partial charge is 0.222 e. The van der Waals surface area contributed by atoms with Gasteiger partial charge in [0, 0.05) is 35.8 Å². The molecule has 1 heterocycles. The third-order valence-corrected chi connectivity index (χ3v) is 5.70. The molecule has 0 saturated carbocycles. The van der Waals surface area contributed by atoms with Gasteiger partial charge in [0.15, 0.2) is 6.61 Å². The number of carbonyl (C=O) groups excluding carboxylic acids is 1. The number of carbonyl (C=O) groups is 1. The van der Waals surface area contributed by atoms with Crippen LogP contribution in [0.1, 0.15) is 23.5 Å². The topological polar surface area (TPSA) is 88.6 Å². The molecule has 2 aliphatic rings. The third-order valence-electron chi connectivity index (χ3n) is 5.70. The maximum atomic E-state index is 12.3. The molecular formula is C23H23N3O3. The minimum atomic E-state index is -0.309. The molecule has 6 heteroatoms. The minimum absolute atomic E-state index is 0.0421. The molecule has 0 radical (unpaired) electrons. The summed E-state index contributed by atoms with van der Waals surface area (Å²) in [6.45, 7) is 0.579. The van der Waals surface area contributed by atoms with Crippen molar-refractivity contribution in [3.8, 4) is 17.6 Å². The lowest BCUT2D eigenvalue weighted by Crippen LogP contribution is -2.46. The van der Waals surface area contributed by atoms with E-state index in [9.17, 15) is 4.79 Å². The number of allylic oxidation sites excluding steroid dienone is 1. The Hall–Kier alpha value is -3.46. The van der Waals surface area contributed by atoms with E-state index in [0.29, 0.717) is 24.5 Å². The van der Waals surface area contributed by atoms with Gasteiger partial charge in [-0.15, -0.1) is 0 Å². The molecular weight excluding hydrogens is 366 g/mol. The lowest BCUT2D eigenvalue weighted by Gasteiger charge is -2.36. The van der Waals surface area contributed by atoms with Crippen LogP contribution in [0, 0.1) is 17.2 Å². The van der Waals surface area contributed by atoms with Gasteiger partial charge >= 0.3 is 0 Å². The molecule has 0 saturated heterocycles. The molecule has 3 atom stereocenters. The van der Waals surface area contributed by atoms with Crippen LogP contribution in [0.2, 0.25) is 0 Å². The van der Waals surface area contributed by atoms with E-state index in [1.807, 2.05) is 36.4 Å². The van der Waals surface area contributed by atoms with Crippen molar-refractivity contribution < 1.29 is 14.3 Å². The molecule has 1 aliphatic heterocycles. The number of hydrogen-bond acceptors (Lipinski definition) is 5. The van der Waals surface area contributed by atoms with Crippen molar-refractivity contribution in [2.45, 2.75) is 24.9 Å². The number of methoxy groups -OCH3 is 1. The molecule has 29 heavy (non-hydrogen) atoms. The molecule has 2 aromatic rings. The number of hydrogen-bond donors (Lipinski definition) is 1. The SMILES string of the molecule is COc1cc(OCC#N)c2c(c1)N(Cc1ccccc1)C1C(C(N)=O)CC=CC21. The minimum Gasteiger partial charge on any atom is -0.497 e. The van der Waals surface area contributed by atoms with E-state index in [1.165, 1.54) is 0 Å². The van der Waals surface area contributed by atoms with Gasteiger partial charge in [-0.05, 0) is 12.0 Å². The number of anilines is 1. The first-order valence-corrected chi connectivity index (χ1v) is 9.62. The summed E-state index contributed by atoms with van der Waals surface area (Å²) in [6, 6.07) is 15.8. The molecule has 0 spiro atoms. The molecule has 2 aromatic carbocycles. The summed E-state index contributed by atoms with van der Waals surface area (Å²) in [5, 5.41) is 9.00. The van der Waals surface area contributed by atoms with Gasteiger partial charge in [0.1, 0.15) is 17.6 Å². The molecule has 3 unspecified atom stereocenters. The van der Waals surface area contributed by atoms with Crippen molar-refractivity contribution in [1.29, 1.82) is 5.26 Å². The highest BCUT2D eigenvalue weighted by Gasteiger charge is 2.46. The van der Waals surface area contributed by atoms with Crippen LogP contribution in [0.15, 0.2) is 54.6 Å². The van der Waals surface area contributed by atoms with Crippen LogP contribution >= 0.6 is 0 Å². The Bertz CT molecular complexity index is 981. The summed E-state index contributed by atoms with van der Waals surface area (Å²) in [5.74, 6) is 0.603. The lowest BCUT2D eigenvalue weighted by molar-refractivity contribution is -0.122. The average Bonchev–Trinajstić information content (AvgIpc) is 3.06. The van der Waals surface area contributed by atoms with Crippen molar-refractivity contribution in [2.24, 2.45) is 11.7 Å². The first-order chi connectivity index (χ1) is 14.1. The number of nitrogens with two attached hydrogens (primary N) is 1. The number of fused-ring (bicyclic) bond motifs is 3. The summed E-state index contributed by atoms with van der Waals surface area (Å²) < 4.78 is 11.3. The Balaban J connectivity index is 1.86. The molecule has 1 amide bonds. The maximum Gasteiger partial charge on any atom is 0.222 e. The van der Waals surface area contributed by atoms with Gasteiger partial charge in [0.2, 0.25) is 5.91 Å². The van der Waals surface area contributed by atoms with Gasteiger partial charge in [-0.2, -0.15) is 5.26 Å². The quantitative estimate of drug-likeness (QED) is 0.767. The van der Waals surface area contributed by atoms with E-state index in [2.05, 4.69) is 23.1 Å². The summed E-state index contributed by atoms with van der Waals surface area (Å²) >= 11 is 0. The summed E-state index contributed by atoms with van der Waals surface area (Å²) in [7, 11) is 1.60. The normalized spacial score (nSPS) is 21.8. The lowest BCUT2D eigenvalue weighted by atomic mass is 9.79. The molecule has 148 valence electrons. The summed E-state index contributed by atoms with van der Waals surface area (Å²) in [6.07, 6.45) is 4.76.